The molecule has 0 spiro atoms. The van der Waals surface area contributed by atoms with Crippen molar-refractivity contribution in [2.75, 3.05) is 5.73 Å². The van der Waals surface area contributed by atoms with Gasteiger partial charge in [0.15, 0.2) is 11.5 Å². The molecule has 1 heterocycles. The second-order valence-corrected chi connectivity index (χ2v) is 3.83. The largest absolute Gasteiger partial charge is 0.504 e. The molecule has 0 amide bonds. The number of nitrogens with one attached hydrogen (secondary N) is 1. The molecule has 5 nitrogen and oxygen atoms in total. The van der Waals surface area contributed by atoms with Gasteiger partial charge >= 0.3 is 0 Å². The Morgan fingerprint density at radius 2 is 2.06 bits per heavy atom. The Balaban J connectivity index is 2.70. The Morgan fingerprint density at radius 3 is 2.62 bits per heavy atom. The minimum absolute atomic E-state index is 0.0705. The first-order valence-electron chi connectivity index (χ1n) is 4.53. The van der Waals surface area contributed by atoms with Crippen LogP contribution < -0.4 is 5.73 Å². The number of aromatic nitrogens is 2. The van der Waals surface area contributed by atoms with Crippen LogP contribution >= 0.6 is 11.6 Å². The van der Waals surface area contributed by atoms with Crippen molar-refractivity contribution in [1.29, 1.82) is 0 Å². The fourth-order valence-electron chi connectivity index (χ4n) is 1.55. The van der Waals surface area contributed by atoms with Crippen LogP contribution in [0.15, 0.2) is 12.1 Å². The van der Waals surface area contributed by atoms with E-state index >= 15 is 0 Å². The molecule has 0 atom stereocenters. The molecule has 84 valence electrons. The van der Waals surface area contributed by atoms with Gasteiger partial charge in [0.25, 0.3) is 0 Å². The summed E-state index contributed by atoms with van der Waals surface area (Å²) in [6, 6.07) is 3.03. The van der Waals surface area contributed by atoms with Gasteiger partial charge in [-0.25, -0.2) is 0 Å². The third kappa shape index (κ3) is 1.55. The molecule has 1 aromatic heterocycles. The van der Waals surface area contributed by atoms with Crippen LogP contribution in [-0.2, 0) is 0 Å². The van der Waals surface area contributed by atoms with Crippen molar-refractivity contribution in [3.63, 3.8) is 0 Å². The van der Waals surface area contributed by atoms with Crippen LogP contribution in [0.5, 0.6) is 11.5 Å². The van der Waals surface area contributed by atoms with E-state index < -0.39 is 0 Å². The fraction of sp³-hybridized carbons (Fsp3) is 0.100. The van der Waals surface area contributed by atoms with Gasteiger partial charge in [0.05, 0.1) is 10.7 Å². The lowest BCUT2D eigenvalue weighted by molar-refractivity contribution is 0.404. The Labute approximate surface area is 96.5 Å². The first kappa shape index (κ1) is 10.6. The highest BCUT2D eigenvalue weighted by molar-refractivity contribution is 6.35. The quantitative estimate of drug-likeness (QED) is 0.573. The van der Waals surface area contributed by atoms with Crippen molar-refractivity contribution in [2.45, 2.75) is 6.92 Å². The van der Waals surface area contributed by atoms with E-state index in [1.807, 2.05) is 0 Å². The van der Waals surface area contributed by atoms with E-state index in [-0.39, 0.29) is 16.5 Å². The highest BCUT2D eigenvalue weighted by atomic mass is 35.5. The van der Waals surface area contributed by atoms with Crippen molar-refractivity contribution in [3.05, 3.63) is 22.7 Å². The zero-order valence-corrected chi connectivity index (χ0v) is 9.21. The van der Waals surface area contributed by atoms with E-state index in [1.54, 1.807) is 13.0 Å². The van der Waals surface area contributed by atoms with Gasteiger partial charge in [-0.05, 0) is 18.6 Å². The number of halogens is 1. The summed E-state index contributed by atoms with van der Waals surface area (Å²) in [6.07, 6.45) is 0. The summed E-state index contributed by atoms with van der Waals surface area (Å²) in [5, 5.41) is 25.5. The van der Waals surface area contributed by atoms with Gasteiger partial charge in [-0.1, -0.05) is 11.6 Å². The molecule has 0 aliphatic heterocycles. The smallest absolute Gasteiger partial charge is 0.177 e. The fourth-order valence-corrected chi connectivity index (χ4v) is 1.89. The van der Waals surface area contributed by atoms with Crippen LogP contribution in [0.3, 0.4) is 0 Å². The molecule has 0 bridgehead atoms. The number of phenolic OH excluding ortho intramolecular Hbond substituents is 2. The molecule has 2 rings (SSSR count). The summed E-state index contributed by atoms with van der Waals surface area (Å²) in [4.78, 5) is 0. The molecule has 0 unspecified atom stereocenters. The van der Waals surface area contributed by atoms with Gasteiger partial charge in [-0.2, -0.15) is 5.10 Å². The zero-order chi connectivity index (χ0) is 11.9. The van der Waals surface area contributed by atoms with Gasteiger partial charge < -0.3 is 15.9 Å². The molecule has 5 N–H and O–H groups in total. The van der Waals surface area contributed by atoms with Crippen molar-refractivity contribution in [1.82, 2.24) is 10.2 Å². The van der Waals surface area contributed by atoms with E-state index in [1.165, 1.54) is 6.07 Å². The number of hydrogen-bond acceptors (Lipinski definition) is 4. The highest BCUT2D eigenvalue weighted by Crippen LogP contribution is 2.42. The van der Waals surface area contributed by atoms with Gasteiger partial charge in [-0.3, -0.25) is 5.10 Å². The molecule has 0 saturated carbocycles. The average Bonchev–Trinajstić information content (AvgIpc) is 2.61. The Kier molecular flexibility index (Phi) is 2.40. The van der Waals surface area contributed by atoms with Crippen molar-refractivity contribution in [2.24, 2.45) is 0 Å². The summed E-state index contributed by atoms with van der Waals surface area (Å²) in [6.45, 7) is 1.76. The lowest BCUT2D eigenvalue weighted by atomic mass is 10.0. The summed E-state index contributed by atoms with van der Waals surface area (Å²) in [5.41, 5.74) is 7.36. The summed E-state index contributed by atoms with van der Waals surface area (Å²) in [7, 11) is 0. The Morgan fingerprint density at radius 1 is 1.38 bits per heavy atom. The lowest BCUT2D eigenvalue weighted by Gasteiger charge is -2.09. The van der Waals surface area contributed by atoms with Crippen molar-refractivity contribution >= 4 is 17.4 Å². The number of rotatable bonds is 1. The Bertz CT molecular complexity index is 551. The molecule has 0 saturated heterocycles. The molecule has 2 aromatic rings. The van der Waals surface area contributed by atoms with Gasteiger partial charge in [0, 0.05) is 11.6 Å². The molecule has 0 aliphatic rings. The van der Waals surface area contributed by atoms with Gasteiger partial charge in [0.1, 0.15) is 5.82 Å². The van der Waals surface area contributed by atoms with Crippen LogP contribution in [0.4, 0.5) is 5.82 Å². The van der Waals surface area contributed by atoms with Crippen LogP contribution in [0.25, 0.3) is 11.3 Å². The van der Waals surface area contributed by atoms with E-state index in [0.29, 0.717) is 22.6 Å². The first-order chi connectivity index (χ1) is 7.50. The van der Waals surface area contributed by atoms with Crippen LogP contribution in [0.1, 0.15) is 5.56 Å². The maximum atomic E-state index is 9.53. The zero-order valence-electron chi connectivity index (χ0n) is 8.45. The molecule has 6 heteroatoms. The summed E-state index contributed by atoms with van der Waals surface area (Å²) >= 11 is 5.95. The summed E-state index contributed by atoms with van der Waals surface area (Å²) in [5.74, 6) is -0.271. The average molecular weight is 240 g/mol. The second kappa shape index (κ2) is 3.61. The number of aryl methyl sites for hydroxylation is 1. The number of aromatic amines is 1. The summed E-state index contributed by atoms with van der Waals surface area (Å²) < 4.78 is 0. The molecule has 16 heavy (non-hydrogen) atoms. The van der Waals surface area contributed by atoms with Gasteiger partial charge in [0.2, 0.25) is 0 Å². The third-order valence-corrected chi connectivity index (χ3v) is 2.65. The van der Waals surface area contributed by atoms with E-state index in [4.69, 9.17) is 17.3 Å². The lowest BCUT2D eigenvalue weighted by Crippen LogP contribution is -1.87. The maximum absolute atomic E-state index is 9.53. The molecule has 0 radical (unpaired) electrons. The first-order valence-corrected chi connectivity index (χ1v) is 4.90. The SMILES string of the molecule is Cc1cc(O)c(O)c(Cl)c1-c1cc(N)n[nH]1. The highest BCUT2D eigenvalue weighted by Gasteiger charge is 2.16. The molecule has 1 aromatic carbocycles. The van der Waals surface area contributed by atoms with E-state index in [9.17, 15) is 10.2 Å². The topological polar surface area (TPSA) is 95.2 Å². The molecular weight excluding hydrogens is 230 g/mol. The number of nitrogens with two attached hydrogens (primary N) is 1. The molecule has 0 fully saturated rings. The monoisotopic (exact) mass is 239 g/mol. The predicted molar refractivity (Wildman–Crippen MR) is 61.5 cm³/mol. The third-order valence-electron chi connectivity index (χ3n) is 2.28. The number of anilines is 1. The van der Waals surface area contributed by atoms with Crippen molar-refractivity contribution in [3.8, 4) is 22.8 Å². The number of benzene rings is 1. The van der Waals surface area contributed by atoms with Crippen LogP contribution in [0, 0.1) is 6.92 Å². The predicted octanol–water partition coefficient (Wildman–Crippen LogP) is 2.03. The number of H-pyrrole nitrogens is 1. The van der Waals surface area contributed by atoms with Crippen LogP contribution in [0.2, 0.25) is 5.02 Å². The standard InChI is InChI=1S/C10H10ClN3O2/c1-4-2-6(15)10(16)9(11)8(4)5-3-7(12)14-13-5/h2-3,15-16H,1H3,(H3,12,13,14). The second-order valence-electron chi connectivity index (χ2n) is 3.46. The van der Waals surface area contributed by atoms with Gasteiger partial charge in [-0.15, -0.1) is 0 Å². The number of hydrogen-bond donors (Lipinski definition) is 4. The van der Waals surface area contributed by atoms with Crippen molar-refractivity contribution < 1.29 is 10.2 Å². The Hall–Kier alpha value is -1.88. The molecule has 0 aliphatic carbocycles. The van der Waals surface area contributed by atoms with Crippen LogP contribution in [-0.4, -0.2) is 20.4 Å². The number of nitrogens with zero attached hydrogens (tertiary/aromatic N) is 1. The normalized spacial score (nSPS) is 10.6. The number of aromatic hydroxyl groups is 2. The van der Waals surface area contributed by atoms with E-state index in [0.717, 1.165) is 0 Å². The minimum Gasteiger partial charge on any atom is -0.504 e. The number of phenols is 2. The van der Waals surface area contributed by atoms with E-state index in [2.05, 4.69) is 10.2 Å². The minimum atomic E-state index is -0.351. The maximum Gasteiger partial charge on any atom is 0.177 e. The number of nitrogen functional groups attached to an aromatic ring is 1. The molecular formula is C10H10ClN3O2.